The van der Waals surface area contributed by atoms with Gasteiger partial charge in [0.1, 0.15) is 5.82 Å². The summed E-state index contributed by atoms with van der Waals surface area (Å²) in [5.74, 6) is -0.255. The smallest absolute Gasteiger partial charge is 0.257 e. The van der Waals surface area contributed by atoms with E-state index in [1.807, 2.05) is 36.1 Å². The van der Waals surface area contributed by atoms with Crippen LogP contribution in [0.2, 0.25) is 0 Å². The summed E-state index contributed by atoms with van der Waals surface area (Å²) in [5, 5.41) is 7.05. The van der Waals surface area contributed by atoms with Gasteiger partial charge in [0.05, 0.1) is 17.5 Å². The van der Waals surface area contributed by atoms with E-state index in [-0.39, 0.29) is 11.7 Å². The third-order valence-electron chi connectivity index (χ3n) is 4.97. The fraction of sp³-hybridized carbons (Fsp3) is 0.238. The fourth-order valence-electron chi connectivity index (χ4n) is 3.38. The number of benzene rings is 2. The molecule has 0 saturated carbocycles. The number of amides is 1. The summed E-state index contributed by atoms with van der Waals surface area (Å²) in [5.41, 5.74) is 4.44. The van der Waals surface area contributed by atoms with Crippen molar-refractivity contribution in [2.75, 3.05) is 31.1 Å². The van der Waals surface area contributed by atoms with Crippen LogP contribution in [0.15, 0.2) is 54.7 Å². The lowest BCUT2D eigenvalue weighted by molar-refractivity contribution is 0.0747. The molecule has 2 aromatic carbocycles. The number of nitrogens with one attached hydrogen (secondary N) is 1. The summed E-state index contributed by atoms with van der Waals surface area (Å²) >= 11 is 0. The topological polar surface area (TPSA) is 52.2 Å². The quantitative estimate of drug-likeness (QED) is 0.774. The Hall–Kier alpha value is -3.15. The predicted molar refractivity (Wildman–Crippen MR) is 103 cm³/mol. The first-order valence-electron chi connectivity index (χ1n) is 9.02. The number of piperazine rings is 1. The van der Waals surface area contributed by atoms with E-state index in [9.17, 15) is 9.18 Å². The average molecular weight is 364 g/mol. The van der Waals surface area contributed by atoms with Gasteiger partial charge in [-0.3, -0.25) is 9.89 Å². The number of aromatic nitrogens is 2. The van der Waals surface area contributed by atoms with E-state index in [0.717, 1.165) is 30.0 Å². The van der Waals surface area contributed by atoms with Crippen molar-refractivity contribution in [1.29, 1.82) is 0 Å². The number of carbonyl (C=O) groups excluding carboxylic acids is 1. The number of carbonyl (C=O) groups is 1. The lowest BCUT2D eigenvalue weighted by Crippen LogP contribution is -2.48. The Morgan fingerprint density at radius 2 is 1.67 bits per heavy atom. The van der Waals surface area contributed by atoms with Gasteiger partial charge < -0.3 is 9.80 Å². The van der Waals surface area contributed by atoms with Gasteiger partial charge in [-0.05, 0) is 31.2 Å². The van der Waals surface area contributed by atoms with E-state index in [4.69, 9.17) is 0 Å². The lowest BCUT2D eigenvalue weighted by Gasteiger charge is -2.36. The summed E-state index contributed by atoms with van der Waals surface area (Å²) in [6.07, 6.45) is 1.60. The molecule has 27 heavy (non-hydrogen) atoms. The van der Waals surface area contributed by atoms with Gasteiger partial charge in [0.15, 0.2) is 0 Å². The molecule has 0 radical (unpaired) electrons. The van der Waals surface area contributed by atoms with Crippen LogP contribution in [-0.4, -0.2) is 47.2 Å². The molecule has 1 aliphatic rings. The molecule has 1 aromatic heterocycles. The molecule has 1 fully saturated rings. The molecule has 138 valence electrons. The minimum Gasteiger partial charge on any atom is -0.368 e. The Kier molecular flexibility index (Phi) is 4.62. The number of aryl methyl sites for hydroxylation is 1. The number of rotatable bonds is 3. The van der Waals surface area contributed by atoms with Crippen LogP contribution < -0.4 is 4.90 Å². The highest BCUT2D eigenvalue weighted by molar-refractivity contribution is 5.99. The standard InChI is InChI=1S/C21H21FN4O/c1-15-2-4-16(5-3-15)20-19(14-23-24-20)21(27)26-12-10-25(11-13-26)18-8-6-17(22)7-9-18/h2-9,14H,10-13H2,1H3,(H,23,24). The molecule has 0 bridgehead atoms. The van der Waals surface area contributed by atoms with Gasteiger partial charge in [0.2, 0.25) is 0 Å². The van der Waals surface area contributed by atoms with Gasteiger partial charge >= 0.3 is 0 Å². The van der Waals surface area contributed by atoms with Crippen LogP contribution in [-0.2, 0) is 0 Å². The molecule has 2 heterocycles. The van der Waals surface area contributed by atoms with Gasteiger partial charge in [-0.2, -0.15) is 5.10 Å². The second-order valence-corrected chi connectivity index (χ2v) is 6.78. The van der Waals surface area contributed by atoms with Crippen molar-refractivity contribution in [1.82, 2.24) is 15.1 Å². The maximum atomic E-state index is 13.1. The first-order valence-corrected chi connectivity index (χ1v) is 9.02. The Labute approximate surface area is 157 Å². The highest BCUT2D eigenvalue weighted by Gasteiger charge is 2.25. The normalized spacial score (nSPS) is 14.4. The molecule has 1 aliphatic heterocycles. The van der Waals surface area contributed by atoms with Crippen molar-refractivity contribution in [2.45, 2.75) is 6.92 Å². The van der Waals surface area contributed by atoms with Gasteiger partial charge in [0, 0.05) is 37.4 Å². The number of anilines is 1. The Morgan fingerprint density at radius 1 is 1.00 bits per heavy atom. The monoisotopic (exact) mass is 364 g/mol. The van der Waals surface area contributed by atoms with Crippen LogP contribution in [0.4, 0.5) is 10.1 Å². The molecule has 1 amide bonds. The zero-order valence-electron chi connectivity index (χ0n) is 15.2. The molecule has 6 heteroatoms. The molecule has 3 aromatic rings. The van der Waals surface area contributed by atoms with Crippen molar-refractivity contribution < 1.29 is 9.18 Å². The maximum Gasteiger partial charge on any atom is 0.257 e. The number of hydrogen-bond donors (Lipinski definition) is 1. The number of nitrogens with zero attached hydrogens (tertiary/aromatic N) is 3. The van der Waals surface area contributed by atoms with E-state index in [1.54, 1.807) is 18.3 Å². The number of hydrogen-bond acceptors (Lipinski definition) is 3. The predicted octanol–water partition coefficient (Wildman–Crippen LogP) is 3.49. The Balaban J connectivity index is 1.46. The fourth-order valence-corrected chi connectivity index (χ4v) is 3.38. The van der Waals surface area contributed by atoms with Crippen LogP contribution >= 0.6 is 0 Å². The zero-order chi connectivity index (χ0) is 18.8. The lowest BCUT2D eigenvalue weighted by atomic mass is 10.1. The summed E-state index contributed by atoms with van der Waals surface area (Å²) in [6.45, 7) is 4.71. The largest absolute Gasteiger partial charge is 0.368 e. The van der Waals surface area contributed by atoms with E-state index in [0.29, 0.717) is 18.7 Å². The maximum absolute atomic E-state index is 13.1. The molecule has 4 rings (SSSR count). The minimum absolute atomic E-state index is 0.0157. The van der Waals surface area contributed by atoms with Crippen molar-refractivity contribution >= 4 is 11.6 Å². The van der Waals surface area contributed by atoms with Gasteiger partial charge in [-0.15, -0.1) is 0 Å². The van der Waals surface area contributed by atoms with Crippen LogP contribution in [0.5, 0.6) is 0 Å². The summed E-state index contributed by atoms with van der Waals surface area (Å²) in [4.78, 5) is 17.0. The summed E-state index contributed by atoms with van der Waals surface area (Å²) in [7, 11) is 0. The molecule has 0 atom stereocenters. The first kappa shape index (κ1) is 17.3. The Morgan fingerprint density at radius 3 is 2.33 bits per heavy atom. The molecule has 5 nitrogen and oxygen atoms in total. The van der Waals surface area contributed by atoms with Crippen LogP contribution in [0, 0.1) is 12.7 Å². The van der Waals surface area contributed by atoms with Crippen molar-refractivity contribution in [2.24, 2.45) is 0 Å². The van der Waals surface area contributed by atoms with E-state index >= 15 is 0 Å². The highest BCUT2D eigenvalue weighted by Crippen LogP contribution is 2.24. The third-order valence-corrected chi connectivity index (χ3v) is 4.97. The molecular weight excluding hydrogens is 343 g/mol. The average Bonchev–Trinajstić information content (AvgIpc) is 3.18. The molecule has 0 unspecified atom stereocenters. The molecular formula is C21H21FN4O. The summed E-state index contributed by atoms with van der Waals surface area (Å²) in [6, 6.07) is 14.5. The highest BCUT2D eigenvalue weighted by atomic mass is 19.1. The van der Waals surface area contributed by atoms with E-state index in [2.05, 4.69) is 15.1 Å². The van der Waals surface area contributed by atoms with Gasteiger partial charge in [0.25, 0.3) is 5.91 Å². The second-order valence-electron chi connectivity index (χ2n) is 6.78. The first-order chi connectivity index (χ1) is 13.1. The summed E-state index contributed by atoms with van der Waals surface area (Å²) < 4.78 is 13.1. The van der Waals surface area contributed by atoms with Crippen LogP contribution in [0.1, 0.15) is 15.9 Å². The molecule has 1 N–H and O–H groups in total. The van der Waals surface area contributed by atoms with Gasteiger partial charge in [-0.1, -0.05) is 29.8 Å². The number of H-pyrrole nitrogens is 1. The molecule has 0 spiro atoms. The van der Waals surface area contributed by atoms with Crippen molar-refractivity contribution in [3.63, 3.8) is 0 Å². The SMILES string of the molecule is Cc1ccc(-c2[nH]ncc2C(=O)N2CCN(c3ccc(F)cc3)CC2)cc1. The molecule has 0 aliphatic carbocycles. The molecule has 1 saturated heterocycles. The van der Waals surface area contributed by atoms with E-state index in [1.165, 1.54) is 17.7 Å². The van der Waals surface area contributed by atoms with Crippen LogP contribution in [0.25, 0.3) is 11.3 Å². The zero-order valence-corrected chi connectivity index (χ0v) is 15.2. The van der Waals surface area contributed by atoms with Crippen molar-refractivity contribution in [3.8, 4) is 11.3 Å². The Bertz CT molecular complexity index is 926. The third kappa shape index (κ3) is 3.56. The second kappa shape index (κ2) is 7.23. The van der Waals surface area contributed by atoms with Crippen LogP contribution in [0.3, 0.4) is 0 Å². The van der Waals surface area contributed by atoms with E-state index < -0.39 is 0 Å². The van der Waals surface area contributed by atoms with Crippen molar-refractivity contribution in [3.05, 3.63) is 71.7 Å². The number of halogens is 1. The minimum atomic E-state index is -0.240. The number of aromatic amines is 1. The van der Waals surface area contributed by atoms with Gasteiger partial charge in [-0.25, -0.2) is 4.39 Å².